The van der Waals surface area contributed by atoms with Crippen molar-refractivity contribution in [3.8, 4) is 11.5 Å². The third kappa shape index (κ3) is 4.05. The number of carbonyl (C=O) groups is 1. The number of nitrogens with zero attached hydrogens (tertiary/aromatic N) is 5. The van der Waals surface area contributed by atoms with E-state index in [1.54, 1.807) is 41.5 Å². The molecule has 4 rings (SSSR count). The summed E-state index contributed by atoms with van der Waals surface area (Å²) in [6, 6.07) is 9.52. The predicted molar refractivity (Wildman–Crippen MR) is 116 cm³/mol. The summed E-state index contributed by atoms with van der Waals surface area (Å²) in [5.41, 5.74) is 1.85. The van der Waals surface area contributed by atoms with E-state index < -0.39 is 0 Å². The number of rotatable bonds is 7. The Hall–Kier alpha value is -2.85. The number of thiophene rings is 1. The zero-order valence-electron chi connectivity index (χ0n) is 16.8. The van der Waals surface area contributed by atoms with Crippen LogP contribution in [-0.2, 0) is 11.8 Å². The summed E-state index contributed by atoms with van der Waals surface area (Å²) in [4.78, 5) is 14.2. The minimum Gasteiger partial charge on any atom is -0.493 e. The molecule has 1 aliphatic rings. The van der Waals surface area contributed by atoms with E-state index >= 15 is 0 Å². The van der Waals surface area contributed by atoms with Gasteiger partial charge in [0, 0.05) is 13.5 Å². The van der Waals surface area contributed by atoms with Gasteiger partial charge in [0.25, 0.3) is 5.91 Å². The summed E-state index contributed by atoms with van der Waals surface area (Å²) in [6.07, 6.45) is 2.25. The Morgan fingerprint density at radius 2 is 2.10 bits per heavy atom. The maximum Gasteiger partial charge on any atom is 0.253 e. The Kier molecular flexibility index (Phi) is 6.05. The second-order valence-electron chi connectivity index (χ2n) is 6.61. The van der Waals surface area contributed by atoms with Crippen molar-refractivity contribution in [1.82, 2.24) is 19.8 Å². The fourth-order valence-electron chi connectivity index (χ4n) is 3.25. The monoisotopic (exact) mass is 443 g/mol. The SMILES string of the molecule is COc1ccc([C@H]2CC(c3cccs3)=NN2C(=O)CSc2nncn2C)cc1OC. The summed E-state index contributed by atoms with van der Waals surface area (Å²) in [5.74, 6) is 1.40. The molecule has 1 amide bonds. The van der Waals surface area contributed by atoms with Crippen LogP contribution in [0.1, 0.15) is 22.9 Å². The van der Waals surface area contributed by atoms with E-state index in [4.69, 9.17) is 14.6 Å². The van der Waals surface area contributed by atoms with E-state index in [0.29, 0.717) is 23.1 Å². The van der Waals surface area contributed by atoms with Gasteiger partial charge in [-0.25, -0.2) is 5.01 Å². The van der Waals surface area contributed by atoms with Crippen LogP contribution in [0.3, 0.4) is 0 Å². The largest absolute Gasteiger partial charge is 0.493 e. The molecule has 0 bridgehead atoms. The van der Waals surface area contributed by atoms with Gasteiger partial charge in [-0.05, 0) is 29.1 Å². The lowest BCUT2D eigenvalue weighted by Gasteiger charge is -2.22. The number of aryl methyl sites for hydroxylation is 1. The van der Waals surface area contributed by atoms with Gasteiger partial charge in [0.15, 0.2) is 16.7 Å². The number of methoxy groups -OCH3 is 2. The molecular weight excluding hydrogens is 422 g/mol. The molecule has 2 aromatic heterocycles. The summed E-state index contributed by atoms with van der Waals surface area (Å²) in [5, 5.41) is 16.9. The Morgan fingerprint density at radius 3 is 2.77 bits per heavy atom. The molecule has 1 aliphatic heterocycles. The fourth-order valence-corrected chi connectivity index (χ4v) is 4.71. The standard InChI is InChI=1S/C20H21N5O3S2/c1-24-12-21-22-20(24)30-11-19(26)25-15(10-14(23-25)18-5-4-8-29-18)13-6-7-16(27-2)17(9-13)28-3/h4-9,12,15H,10-11H2,1-3H3/t15-/m1/s1. The van der Waals surface area contributed by atoms with Gasteiger partial charge in [-0.1, -0.05) is 23.9 Å². The van der Waals surface area contributed by atoms with Crippen molar-refractivity contribution < 1.29 is 14.3 Å². The number of amides is 1. The Morgan fingerprint density at radius 1 is 1.27 bits per heavy atom. The first-order valence-corrected chi connectivity index (χ1v) is 11.1. The molecule has 0 fully saturated rings. The van der Waals surface area contributed by atoms with Gasteiger partial charge in [-0.3, -0.25) is 4.79 Å². The third-order valence-electron chi connectivity index (χ3n) is 4.76. The first kappa shape index (κ1) is 20.4. The molecule has 3 aromatic rings. The highest BCUT2D eigenvalue weighted by atomic mass is 32.2. The van der Waals surface area contributed by atoms with Crippen LogP contribution >= 0.6 is 23.1 Å². The minimum absolute atomic E-state index is 0.0886. The van der Waals surface area contributed by atoms with Crippen molar-refractivity contribution >= 4 is 34.7 Å². The molecule has 0 unspecified atom stereocenters. The highest BCUT2D eigenvalue weighted by Crippen LogP contribution is 2.38. The molecule has 10 heteroatoms. The van der Waals surface area contributed by atoms with Crippen molar-refractivity contribution in [2.75, 3.05) is 20.0 Å². The van der Waals surface area contributed by atoms with Crippen molar-refractivity contribution in [1.29, 1.82) is 0 Å². The highest BCUT2D eigenvalue weighted by Gasteiger charge is 2.34. The number of aromatic nitrogens is 3. The fraction of sp³-hybridized carbons (Fsp3) is 0.300. The van der Waals surface area contributed by atoms with Crippen LogP contribution in [-0.4, -0.2) is 51.4 Å². The molecule has 1 aromatic carbocycles. The smallest absolute Gasteiger partial charge is 0.253 e. The van der Waals surface area contributed by atoms with Crippen LogP contribution in [0.2, 0.25) is 0 Å². The van der Waals surface area contributed by atoms with Crippen LogP contribution in [0.25, 0.3) is 0 Å². The predicted octanol–water partition coefficient (Wildman–Crippen LogP) is 3.36. The van der Waals surface area contributed by atoms with Gasteiger partial charge in [0.05, 0.1) is 36.6 Å². The number of ether oxygens (including phenoxy) is 2. The molecule has 0 spiro atoms. The molecule has 3 heterocycles. The molecule has 0 N–H and O–H groups in total. The van der Waals surface area contributed by atoms with Gasteiger partial charge in [-0.15, -0.1) is 21.5 Å². The first-order valence-electron chi connectivity index (χ1n) is 9.23. The Balaban J connectivity index is 1.61. The summed E-state index contributed by atoms with van der Waals surface area (Å²) in [6.45, 7) is 0. The van der Waals surface area contributed by atoms with E-state index in [1.807, 2.05) is 42.8 Å². The molecule has 0 saturated heterocycles. The van der Waals surface area contributed by atoms with Crippen LogP contribution in [0, 0.1) is 0 Å². The van der Waals surface area contributed by atoms with Crippen molar-refractivity contribution in [3.05, 3.63) is 52.5 Å². The lowest BCUT2D eigenvalue weighted by molar-refractivity contribution is -0.130. The molecule has 1 atom stereocenters. The number of hydrogen-bond acceptors (Lipinski definition) is 8. The summed E-state index contributed by atoms with van der Waals surface area (Å²) in [7, 11) is 5.05. The zero-order chi connectivity index (χ0) is 21.1. The zero-order valence-corrected chi connectivity index (χ0v) is 18.4. The second-order valence-corrected chi connectivity index (χ2v) is 8.50. The van der Waals surface area contributed by atoms with Gasteiger partial charge in [-0.2, -0.15) is 5.10 Å². The van der Waals surface area contributed by atoms with E-state index in [1.165, 1.54) is 11.8 Å². The highest BCUT2D eigenvalue weighted by molar-refractivity contribution is 7.99. The number of hydrazone groups is 1. The maximum atomic E-state index is 13.1. The topological polar surface area (TPSA) is 81.8 Å². The number of thioether (sulfide) groups is 1. The van der Waals surface area contributed by atoms with Crippen molar-refractivity contribution in [2.45, 2.75) is 17.6 Å². The Labute approximate surface area is 182 Å². The van der Waals surface area contributed by atoms with E-state index in [0.717, 1.165) is 16.2 Å². The van der Waals surface area contributed by atoms with Gasteiger partial charge in [0.1, 0.15) is 6.33 Å². The first-order chi connectivity index (χ1) is 14.6. The molecule has 0 aliphatic carbocycles. The van der Waals surface area contributed by atoms with Gasteiger partial charge in [0.2, 0.25) is 0 Å². The summed E-state index contributed by atoms with van der Waals surface area (Å²) < 4.78 is 12.6. The maximum absolute atomic E-state index is 13.1. The summed E-state index contributed by atoms with van der Waals surface area (Å²) >= 11 is 2.96. The van der Waals surface area contributed by atoms with Crippen LogP contribution < -0.4 is 9.47 Å². The molecule has 30 heavy (non-hydrogen) atoms. The van der Waals surface area contributed by atoms with Crippen LogP contribution in [0.5, 0.6) is 11.5 Å². The second kappa shape index (κ2) is 8.88. The minimum atomic E-state index is -0.213. The quantitative estimate of drug-likeness (QED) is 0.521. The third-order valence-corrected chi connectivity index (χ3v) is 6.70. The lowest BCUT2D eigenvalue weighted by Crippen LogP contribution is -2.28. The molecule has 0 radical (unpaired) electrons. The molecule has 0 saturated carbocycles. The van der Waals surface area contributed by atoms with Crippen LogP contribution in [0.4, 0.5) is 0 Å². The number of carbonyl (C=O) groups excluding carboxylic acids is 1. The normalized spacial score (nSPS) is 15.9. The van der Waals surface area contributed by atoms with Crippen LogP contribution in [0.15, 0.2) is 52.3 Å². The Bertz CT molecular complexity index is 1060. The molecular formula is C20H21N5O3S2. The van der Waals surface area contributed by atoms with E-state index in [9.17, 15) is 4.79 Å². The van der Waals surface area contributed by atoms with Crippen molar-refractivity contribution in [3.63, 3.8) is 0 Å². The average Bonchev–Trinajstić information content (AvgIpc) is 3.52. The average molecular weight is 444 g/mol. The van der Waals surface area contributed by atoms with Gasteiger partial charge >= 0.3 is 0 Å². The molecule has 8 nitrogen and oxygen atoms in total. The number of benzene rings is 1. The van der Waals surface area contributed by atoms with Crippen molar-refractivity contribution in [2.24, 2.45) is 12.1 Å². The lowest BCUT2D eigenvalue weighted by atomic mass is 10.0. The number of hydrogen-bond donors (Lipinski definition) is 0. The van der Waals surface area contributed by atoms with E-state index in [2.05, 4.69) is 10.2 Å². The van der Waals surface area contributed by atoms with Gasteiger partial charge < -0.3 is 14.0 Å². The molecule has 156 valence electrons. The van der Waals surface area contributed by atoms with E-state index in [-0.39, 0.29) is 17.7 Å².